The molecule has 92 valence electrons. The second-order valence-corrected chi connectivity index (χ2v) is 6.16. The molecule has 1 unspecified atom stereocenters. The maximum absolute atomic E-state index is 3.88. The second-order valence-electron chi connectivity index (χ2n) is 6.16. The minimum Gasteiger partial charge on any atom is -0.379 e. The van der Waals surface area contributed by atoms with Crippen molar-refractivity contribution in [2.45, 2.75) is 63.8 Å². The van der Waals surface area contributed by atoms with E-state index in [4.69, 9.17) is 0 Å². The van der Waals surface area contributed by atoms with Crippen molar-refractivity contribution in [2.24, 2.45) is 0 Å². The molecule has 17 heavy (non-hydrogen) atoms. The van der Waals surface area contributed by atoms with Gasteiger partial charge in [0.15, 0.2) is 0 Å². The molecule has 0 amide bonds. The first-order valence-electron chi connectivity index (χ1n) is 7.07. The fourth-order valence-corrected chi connectivity index (χ4v) is 3.80. The molecule has 1 aromatic rings. The van der Waals surface area contributed by atoms with Crippen LogP contribution in [-0.2, 0) is 0 Å². The zero-order valence-electron chi connectivity index (χ0n) is 11.1. The van der Waals surface area contributed by atoms with E-state index in [0.29, 0.717) is 11.5 Å². The summed E-state index contributed by atoms with van der Waals surface area (Å²) in [6.45, 7) is 4.58. The third-order valence-electron chi connectivity index (χ3n) is 4.65. The van der Waals surface area contributed by atoms with Gasteiger partial charge in [0.2, 0.25) is 0 Å². The predicted octanol–water partition coefficient (Wildman–Crippen LogP) is 4.62. The van der Waals surface area contributed by atoms with Gasteiger partial charge in [-0.3, -0.25) is 0 Å². The zero-order chi connectivity index (χ0) is 11.9. The SMILES string of the molecule is Cc1ccc2c(c1)NC1(CCCCC1)CC2C. The van der Waals surface area contributed by atoms with E-state index < -0.39 is 0 Å². The lowest BCUT2D eigenvalue weighted by Crippen LogP contribution is -2.44. The first-order valence-corrected chi connectivity index (χ1v) is 7.07. The first-order chi connectivity index (χ1) is 8.19. The van der Waals surface area contributed by atoms with Gasteiger partial charge in [0.1, 0.15) is 0 Å². The molecule has 1 atom stereocenters. The van der Waals surface area contributed by atoms with Crippen LogP contribution in [0.4, 0.5) is 5.69 Å². The lowest BCUT2D eigenvalue weighted by molar-refractivity contribution is 0.281. The van der Waals surface area contributed by atoms with Crippen molar-refractivity contribution >= 4 is 5.69 Å². The Morgan fingerprint density at radius 2 is 1.94 bits per heavy atom. The summed E-state index contributed by atoms with van der Waals surface area (Å²) >= 11 is 0. The maximum Gasteiger partial charge on any atom is 0.0382 e. The van der Waals surface area contributed by atoms with Crippen LogP contribution in [0.15, 0.2) is 18.2 Å². The summed E-state index contributed by atoms with van der Waals surface area (Å²) in [6.07, 6.45) is 8.29. The first kappa shape index (κ1) is 11.1. The van der Waals surface area contributed by atoms with E-state index in [-0.39, 0.29) is 0 Å². The van der Waals surface area contributed by atoms with E-state index in [1.807, 2.05) is 0 Å². The van der Waals surface area contributed by atoms with E-state index in [1.165, 1.54) is 55.3 Å². The molecule has 1 nitrogen and oxygen atoms in total. The molecule has 1 N–H and O–H groups in total. The van der Waals surface area contributed by atoms with Crippen molar-refractivity contribution in [3.05, 3.63) is 29.3 Å². The van der Waals surface area contributed by atoms with E-state index in [0.717, 1.165) is 0 Å². The van der Waals surface area contributed by atoms with Crippen molar-refractivity contribution in [2.75, 3.05) is 5.32 Å². The lowest BCUT2D eigenvalue weighted by atomic mass is 9.72. The van der Waals surface area contributed by atoms with Crippen LogP contribution in [0, 0.1) is 6.92 Å². The van der Waals surface area contributed by atoms with Crippen LogP contribution in [0.1, 0.15) is 62.5 Å². The van der Waals surface area contributed by atoms with Gasteiger partial charge in [0.05, 0.1) is 0 Å². The topological polar surface area (TPSA) is 12.0 Å². The summed E-state index contributed by atoms with van der Waals surface area (Å²) in [5.41, 5.74) is 4.71. The van der Waals surface area contributed by atoms with E-state index in [2.05, 4.69) is 37.4 Å². The number of nitrogens with one attached hydrogen (secondary N) is 1. The number of aryl methyl sites for hydroxylation is 1. The second kappa shape index (κ2) is 4.04. The van der Waals surface area contributed by atoms with Gasteiger partial charge in [-0.2, -0.15) is 0 Å². The highest BCUT2D eigenvalue weighted by Crippen LogP contribution is 2.45. The van der Waals surface area contributed by atoms with Crippen molar-refractivity contribution in [3.8, 4) is 0 Å². The predicted molar refractivity (Wildman–Crippen MR) is 73.6 cm³/mol. The Balaban J connectivity index is 1.95. The number of fused-ring (bicyclic) bond motifs is 1. The molecular weight excluding hydrogens is 206 g/mol. The Morgan fingerprint density at radius 3 is 2.71 bits per heavy atom. The van der Waals surface area contributed by atoms with Crippen LogP contribution < -0.4 is 5.32 Å². The smallest absolute Gasteiger partial charge is 0.0382 e. The molecule has 1 spiro atoms. The summed E-state index contributed by atoms with van der Waals surface area (Å²) in [5.74, 6) is 0.713. The molecule has 0 bridgehead atoms. The van der Waals surface area contributed by atoms with Gasteiger partial charge >= 0.3 is 0 Å². The highest BCUT2D eigenvalue weighted by atomic mass is 15.0. The van der Waals surface area contributed by atoms with E-state index >= 15 is 0 Å². The largest absolute Gasteiger partial charge is 0.379 e. The van der Waals surface area contributed by atoms with Crippen LogP contribution in [0.2, 0.25) is 0 Å². The van der Waals surface area contributed by atoms with Gasteiger partial charge in [-0.05, 0) is 49.3 Å². The fourth-order valence-electron chi connectivity index (χ4n) is 3.80. The average molecular weight is 229 g/mol. The number of hydrogen-bond donors (Lipinski definition) is 1. The van der Waals surface area contributed by atoms with Crippen molar-refractivity contribution < 1.29 is 0 Å². The molecule has 0 radical (unpaired) electrons. The molecular formula is C16H23N. The molecule has 1 heterocycles. The van der Waals surface area contributed by atoms with Crippen molar-refractivity contribution in [3.63, 3.8) is 0 Å². The molecule has 1 fully saturated rings. The van der Waals surface area contributed by atoms with Gasteiger partial charge in [-0.25, -0.2) is 0 Å². The van der Waals surface area contributed by atoms with Gasteiger partial charge in [-0.1, -0.05) is 38.3 Å². The van der Waals surface area contributed by atoms with E-state index in [9.17, 15) is 0 Å². The minimum atomic E-state index is 0.415. The van der Waals surface area contributed by atoms with Crippen LogP contribution >= 0.6 is 0 Å². The van der Waals surface area contributed by atoms with E-state index in [1.54, 1.807) is 0 Å². The third-order valence-corrected chi connectivity index (χ3v) is 4.65. The Morgan fingerprint density at radius 1 is 1.18 bits per heavy atom. The molecule has 1 saturated carbocycles. The van der Waals surface area contributed by atoms with Crippen LogP contribution in [-0.4, -0.2) is 5.54 Å². The molecule has 1 aliphatic heterocycles. The number of benzene rings is 1. The summed E-state index contributed by atoms with van der Waals surface area (Å²) in [5, 5.41) is 3.88. The Labute approximate surface area is 105 Å². The molecule has 2 aliphatic rings. The Kier molecular flexibility index (Phi) is 2.65. The minimum absolute atomic E-state index is 0.415. The van der Waals surface area contributed by atoms with Gasteiger partial charge in [0.25, 0.3) is 0 Å². The van der Waals surface area contributed by atoms with Gasteiger partial charge < -0.3 is 5.32 Å². The van der Waals surface area contributed by atoms with Gasteiger partial charge in [0, 0.05) is 11.2 Å². The molecule has 1 heteroatoms. The highest BCUT2D eigenvalue weighted by molar-refractivity contribution is 5.58. The van der Waals surface area contributed by atoms with Gasteiger partial charge in [-0.15, -0.1) is 0 Å². The summed E-state index contributed by atoms with van der Waals surface area (Å²) in [4.78, 5) is 0. The summed E-state index contributed by atoms with van der Waals surface area (Å²) < 4.78 is 0. The molecule has 1 aliphatic carbocycles. The van der Waals surface area contributed by atoms with Crippen LogP contribution in [0.3, 0.4) is 0 Å². The fraction of sp³-hybridized carbons (Fsp3) is 0.625. The normalized spacial score (nSPS) is 26.4. The molecule has 1 aromatic carbocycles. The highest BCUT2D eigenvalue weighted by Gasteiger charge is 2.37. The number of rotatable bonds is 0. The Hall–Kier alpha value is -0.980. The molecule has 3 rings (SSSR count). The number of anilines is 1. The molecule has 0 saturated heterocycles. The van der Waals surface area contributed by atoms with Crippen LogP contribution in [0.25, 0.3) is 0 Å². The summed E-state index contributed by atoms with van der Waals surface area (Å²) in [7, 11) is 0. The number of hydrogen-bond acceptors (Lipinski definition) is 1. The summed E-state index contributed by atoms with van der Waals surface area (Å²) in [6, 6.07) is 6.90. The standard InChI is InChI=1S/C16H23N/c1-12-6-7-14-13(2)11-16(17-15(14)10-12)8-4-3-5-9-16/h6-7,10,13,17H,3-5,8-9,11H2,1-2H3. The third kappa shape index (κ3) is 1.96. The Bertz CT molecular complexity index is 416. The average Bonchev–Trinajstić information content (AvgIpc) is 2.29. The maximum atomic E-state index is 3.88. The lowest BCUT2D eigenvalue weighted by Gasteiger charge is -2.45. The quantitative estimate of drug-likeness (QED) is 0.684. The molecule has 0 aromatic heterocycles. The zero-order valence-corrected chi connectivity index (χ0v) is 11.1. The monoisotopic (exact) mass is 229 g/mol. The van der Waals surface area contributed by atoms with Crippen molar-refractivity contribution in [1.82, 2.24) is 0 Å². The van der Waals surface area contributed by atoms with Crippen LogP contribution in [0.5, 0.6) is 0 Å². The van der Waals surface area contributed by atoms with Crippen molar-refractivity contribution in [1.29, 1.82) is 0 Å².